The van der Waals surface area contributed by atoms with Gasteiger partial charge in [0.25, 0.3) is 0 Å². The SMILES string of the molecule is CN(C)CCNC(=O)c1ccc(/C=C2\C(=O)Nc3cc(-c4ccc(O)cc4)ccc32)[se]1. The Hall–Kier alpha value is -3.12. The van der Waals surface area contributed by atoms with Gasteiger partial charge in [0.05, 0.1) is 0 Å². The first-order valence-electron chi connectivity index (χ1n) is 9.90. The molecule has 0 atom stereocenters. The Morgan fingerprint density at radius 2 is 1.84 bits per heavy atom. The summed E-state index contributed by atoms with van der Waals surface area (Å²) < 4.78 is 1.75. The third-order valence-corrected chi connectivity index (χ3v) is 7.15. The Labute approximate surface area is 187 Å². The van der Waals surface area contributed by atoms with E-state index in [1.54, 1.807) is 12.1 Å². The van der Waals surface area contributed by atoms with Gasteiger partial charge < -0.3 is 0 Å². The van der Waals surface area contributed by atoms with Crippen LogP contribution in [0, 0.1) is 0 Å². The molecule has 0 bridgehead atoms. The number of benzene rings is 2. The van der Waals surface area contributed by atoms with E-state index in [2.05, 4.69) is 10.6 Å². The number of aromatic hydroxyl groups is 1. The van der Waals surface area contributed by atoms with Crippen molar-refractivity contribution in [1.29, 1.82) is 0 Å². The Balaban J connectivity index is 1.54. The number of anilines is 1. The number of phenols is 1. The van der Waals surface area contributed by atoms with Crippen LogP contribution in [0.25, 0.3) is 22.8 Å². The number of carbonyl (C=O) groups excluding carboxylic acids is 2. The quantitative estimate of drug-likeness (QED) is 0.375. The van der Waals surface area contributed by atoms with Gasteiger partial charge in [0, 0.05) is 0 Å². The molecule has 0 saturated heterocycles. The number of hydrogen-bond donors (Lipinski definition) is 3. The Morgan fingerprint density at radius 1 is 1.10 bits per heavy atom. The Kier molecular flexibility index (Phi) is 6.09. The third kappa shape index (κ3) is 4.80. The van der Waals surface area contributed by atoms with Crippen molar-refractivity contribution in [1.82, 2.24) is 10.2 Å². The first-order valence-corrected chi connectivity index (χ1v) is 11.6. The van der Waals surface area contributed by atoms with Crippen molar-refractivity contribution >= 4 is 43.7 Å². The standard InChI is InChI=1S/C24H23N3O3Se/c1-27(2)12-11-25-24(30)22-10-8-18(31-22)14-20-19-9-5-16(13-21(19)26-23(20)29)15-3-6-17(28)7-4-15/h3-10,13-14,28H,11-12H2,1-2H3,(H,25,30)(H,26,29)/b20-14-. The van der Waals surface area contributed by atoms with Gasteiger partial charge in [0.15, 0.2) is 0 Å². The molecule has 158 valence electrons. The second kappa shape index (κ2) is 8.94. The molecule has 1 aromatic heterocycles. The maximum atomic E-state index is 12.6. The predicted octanol–water partition coefficient (Wildman–Crippen LogP) is 2.90. The molecular formula is C24H23N3O3Se. The average molecular weight is 480 g/mol. The molecule has 1 aliphatic rings. The molecule has 0 aliphatic carbocycles. The number of rotatable bonds is 6. The van der Waals surface area contributed by atoms with Gasteiger partial charge in [-0.3, -0.25) is 0 Å². The second-order valence-corrected chi connectivity index (χ2v) is 9.92. The van der Waals surface area contributed by atoms with Crippen molar-refractivity contribution in [2.45, 2.75) is 0 Å². The minimum atomic E-state index is -0.140. The van der Waals surface area contributed by atoms with E-state index in [4.69, 9.17) is 0 Å². The normalized spacial score (nSPS) is 14.0. The van der Waals surface area contributed by atoms with Crippen LogP contribution in [0.1, 0.15) is 19.2 Å². The molecular weight excluding hydrogens is 457 g/mol. The minimum absolute atomic E-state index is 0.0405. The van der Waals surface area contributed by atoms with E-state index in [9.17, 15) is 14.7 Å². The summed E-state index contributed by atoms with van der Waals surface area (Å²) in [5, 5.41) is 15.4. The number of phenolic OH excluding ortho intramolecular Hbond substituents is 1. The first-order chi connectivity index (χ1) is 14.9. The zero-order chi connectivity index (χ0) is 22.0. The summed E-state index contributed by atoms with van der Waals surface area (Å²) >= 11 is -0.135. The van der Waals surface area contributed by atoms with E-state index < -0.39 is 0 Å². The van der Waals surface area contributed by atoms with Crippen LogP contribution in [0.4, 0.5) is 5.69 Å². The topological polar surface area (TPSA) is 81.7 Å². The predicted molar refractivity (Wildman–Crippen MR) is 124 cm³/mol. The zero-order valence-corrected chi connectivity index (χ0v) is 19.0. The third-order valence-electron chi connectivity index (χ3n) is 4.98. The summed E-state index contributed by atoms with van der Waals surface area (Å²) in [5.41, 5.74) is 4.16. The molecule has 2 aromatic carbocycles. The molecule has 0 fully saturated rings. The Morgan fingerprint density at radius 3 is 2.58 bits per heavy atom. The van der Waals surface area contributed by atoms with Crippen LogP contribution in [0.2, 0.25) is 0 Å². The molecule has 7 heteroatoms. The van der Waals surface area contributed by atoms with Gasteiger partial charge in [-0.05, 0) is 0 Å². The molecule has 31 heavy (non-hydrogen) atoms. The number of carbonyl (C=O) groups is 2. The number of nitrogens with zero attached hydrogens (tertiary/aromatic N) is 1. The van der Waals surface area contributed by atoms with Crippen molar-refractivity contribution in [3.63, 3.8) is 0 Å². The van der Waals surface area contributed by atoms with E-state index in [0.29, 0.717) is 12.1 Å². The molecule has 0 radical (unpaired) electrons. The van der Waals surface area contributed by atoms with Gasteiger partial charge in [-0.15, -0.1) is 0 Å². The van der Waals surface area contributed by atoms with E-state index in [-0.39, 0.29) is 32.1 Å². The average Bonchev–Trinajstić information content (AvgIpc) is 3.33. The van der Waals surface area contributed by atoms with Gasteiger partial charge in [-0.2, -0.15) is 0 Å². The zero-order valence-electron chi connectivity index (χ0n) is 17.3. The molecule has 6 nitrogen and oxygen atoms in total. The van der Waals surface area contributed by atoms with Crippen molar-refractivity contribution in [3.05, 3.63) is 69.0 Å². The molecule has 0 saturated carbocycles. The summed E-state index contributed by atoms with van der Waals surface area (Å²) in [5.74, 6) is 0.0364. The maximum absolute atomic E-state index is 12.6. The number of amides is 2. The molecule has 4 rings (SSSR count). The van der Waals surface area contributed by atoms with Crippen LogP contribution >= 0.6 is 0 Å². The van der Waals surface area contributed by atoms with Gasteiger partial charge in [0.2, 0.25) is 0 Å². The molecule has 3 N–H and O–H groups in total. The first kappa shape index (κ1) is 21.1. The van der Waals surface area contributed by atoms with Crippen LogP contribution in [0.5, 0.6) is 5.75 Å². The number of hydrogen-bond acceptors (Lipinski definition) is 4. The fraction of sp³-hybridized carbons (Fsp3) is 0.167. The van der Waals surface area contributed by atoms with E-state index in [1.165, 1.54) is 0 Å². The van der Waals surface area contributed by atoms with Crippen LogP contribution in [0.3, 0.4) is 0 Å². The van der Waals surface area contributed by atoms with E-state index in [1.807, 2.05) is 67.5 Å². The molecule has 2 heterocycles. The van der Waals surface area contributed by atoms with Crippen LogP contribution in [-0.2, 0) is 4.79 Å². The molecule has 0 spiro atoms. The molecule has 3 aromatic rings. The van der Waals surface area contributed by atoms with Crippen LogP contribution in [-0.4, -0.2) is 63.5 Å². The number of fused-ring (bicyclic) bond motifs is 1. The fourth-order valence-electron chi connectivity index (χ4n) is 3.35. The van der Waals surface area contributed by atoms with Crippen molar-refractivity contribution in [2.75, 3.05) is 32.5 Å². The van der Waals surface area contributed by atoms with E-state index >= 15 is 0 Å². The Bertz CT molecular complexity index is 1160. The molecule has 0 unspecified atom stereocenters. The van der Waals surface area contributed by atoms with Gasteiger partial charge in [-0.25, -0.2) is 0 Å². The fourth-order valence-corrected chi connectivity index (χ4v) is 5.17. The van der Waals surface area contributed by atoms with Gasteiger partial charge in [0.1, 0.15) is 0 Å². The summed E-state index contributed by atoms with van der Waals surface area (Å²) in [7, 11) is 3.93. The summed E-state index contributed by atoms with van der Waals surface area (Å²) in [6.07, 6.45) is 1.89. The van der Waals surface area contributed by atoms with Gasteiger partial charge in [-0.1, -0.05) is 0 Å². The molecule has 1 aliphatic heterocycles. The van der Waals surface area contributed by atoms with Crippen molar-refractivity contribution in [3.8, 4) is 16.9 Å². The second-order valence-electron chi connectivity index (χ2n) is 7.58. The summed E-state index contributed by atoms with van der Waals surface area (Å²) in [6.45, 7) is 1.40. The number of nitrogens with one attached hydrogen (secondary N) is 2. The summed E-state index contributed by atoms with van der Waals surface area (Å²) in [4.78, 5) is 27.0. The van der Waals surface area contributed by atoms with Gasteiger partial charge >= 0.3 is 187 Å². The van der Waals surface area contributed by atoms with Crippen LogP contribution < -0.4 is 10.6 Å². The van der Waals surface area contributed by atoms with E-state index in [0.717, 1.165) is 37.8 Å². The molecule has 2 amide bonds. The number of likely N-dealkylation sites (N-methyl/N-ethyl adjacent to an activating group) is 1. The van der Waals surface area contributed by atoms with Crippen molar-refractivity contribution < 1.29 is 14.7 Å². The summed E-state index contributed by atoms with van der Waals surface area (Å²) in [6, 6.07) is 16.6. The monoisotopic (exact) mass is 481 g/mol. The van der Waals surface area contributed by atoms with Crippen LogP contribution in [0.15, 0.2) is 54.6 Å². The van der Waals surface area contributed by atoms with Crippen molar-refractivity contribution in [2.24, 2.45) is 0 Å².